The lowest BCUT2D eigenvalue weighted by Crippen LogP contribution is -2.11. The van der Waals surface area contributed by atoms with Gasteiger partial charge in [0.2, 0.25) is 5.88 Å². The number of aromatic amines is 1. The second kappa shape index (κ2) is 11.3. The molecular weight excluding hydrogens is 430 g/mol. The zero-order valence-corrected chi connectivity index (χ0v) is 18.8. The number of rotatable bonds is 10. The number of aliphatic hydroxyl groups is 1. The van der Waals surface area contributed by atoms with Gasteiger partial charge in [-0.25, -0.2) is 9.98 Å². The van der Waals surface area contributed by atoms with Crippen molar-refractivity contribution < 1.29 is 14.6 Å². The fraction of sp³-hybridized carbons (Fsp3) is 0.0769. The molecule has 0 saturated heterocycles. The fourth-order valence-electron chi connectivity index (χ4n) is 3.07. The van der Waals surface area contributed by atoms with Crippen molar-refractivity contribution in [2.75, 3.05) is 7.11 Å². The Morgan fingerprint density at radius 1 is 1.21 bits per heavy atom. The number of aliphatic hydroxyl groups excluding tert-OH is 1. The maximum Gasteiger partial charge on any atom is 0.243 e. The number of para-hydroxylation sites is 2. The molecular formula is C26H27N5O3. The van der Waals surface area contributed by atoms with Crippen molar-refractivity contribution in [2.45, 2.75) is 6.10 Å². The van der Waals surface area contributed by atoms with Crippen LogP contribution in [0.1, 0.15) is 17.5 Å². The van der Waals surface area contributed by atoms with E-state index < -0.39 is 6.10 Å². The highest BCUT2D eigenvalue weighted by molar-refractivity contribution is 5.75. The van der Waals surface area contributed by atoms with Gasteiger partial charge in [0.25, 0.3) is 0 Å². The van der Waals surface area contributed by atoms with Crippen molar-refractivity contribution in [1.29, 1.82) is 0 Å². The number of nitrogens with zero attached hydrogens (tertiary/aromatic N) is 2. The van der Waals surface area contributed by atoms with Crippen LogP contribution in [0.5, 0.6) is 5.75 Å². The van der Waals surface area contributed by atoms with Gasteiger partial charge in [-0.3, -0.25) is 0 Å². The van der Waals surface area contributed by atoms with Gasteiger partial charge < -0.3 is 31.0 Å². The smallest absolute Gasteiger partial charge is 0.243 e. The molecule has 0 aliphatic carbocycles. The molecule has 34 heavy (non-hydrogen) atoms. The van der Waals surface area contributed by atoms with Crippen molar-refractivity contribution in [1.82, 2.24) is 9.97 Å². The molecule has 0 saturated carbocycles. The van der Waals surface area contributed by atoms with Crippen LogP contribution in [0, 0.1) is 0 Å². The van der Waals surface area contributed by atoms with E-state index >= 15 is 0 Å². The van der Waals surface area contributed by atoms with Gasteiger partial charge in [-0.2, -0.15) is 0 Å². The highest BCUT2D eigenvalue weighted by Crippen LogP contribution is 2.26. The van der Waals surface area contributed by atoms with E-state index in [0.29, 0.717) is 28.5 Å². The van der Waals surface area contributed by atoms with Gasteiger partial charge >= 0.3 is 0 Å². The molecule has 174 valence electrons. The number of hydrogen-bond donors (Lipinski definition) is 4. The van der Waals surface area contributed by atoms with Crippen molar-refractivity contribution in [2.24, 2.45) is 16.5 Å². The molecule has 0 aliphatic heterocycles. The Morgan fingerprint density at radius 2 is 1.94 bits per heavy atom. The van der Waals surface area contributed by atoms with Crippen molar-refractivity contribution in [3.05, 3.63) is 120 Å². The average molecular weight is 458 g/mol. The molecule has 8 heteroatoms. The van der Waals surface area contributed by atoms with E-state index in [1.165, 1.54) is 25.6 Å². The summed E-state index contributed by atoms with van der Waals surface area (Å²) in [6.45, 7) is 7.48. The lowest BCUT2D eigenvalue weighted by molar-refractivity contribution is 0.211. The van der Waals surface area contributed by atoms with E-state index in [0.717, 1.165) is 11.0 Å². The van der Waals surface area contributed by atoms with E-state index in [1.807, 2.05) is 24.3 Å². The second-order valence-corrected chi connectivity index (χ2v) is 7.04. The van der Waals surface area contributed by atoms with Crippen molar-refractivity contribution in [3.63, 3.8) is 0 Å². The molecule has 3 aromatic rings. The molecule has 0 spiro atoms. The van der Waals surface area contributed by atoms with Crippen LogP contribution in [0.25, 0.3) is 11.0 Å². The predicted octanol–water partition coefficient (Wildman–Crippen LogP) is 3.97. The highest BCUT2D eigenvalue weighted by Gasteiger charge is 2.17. The first-order valence-corrected chi connectivity index (χ1v) is 10.4. The topological polar surface area (TPSA) is 132 Å². The molecule has 0 unspecified atom stereocenters. The zero-order valence-electron chi connectivity index (χ0n) is 18.8. The number of H-pyrrole nitrogens is 1. The first-order valence-electron chi connectivity index (χ1n) is 10.4. The van der Waals surface area contributed by atoms with Crippen LogP contribution in [0.4, 0.5) is 0 Å². The van der Waals surface area contributed by atoms with E-state index in [1.54, 1.807) is 36.4 Å². The zero-order chi connectivity index (χ0) is 24.5. The summed E-state index contributed by atoms with van der Waals surface area (Å²) in [4.78, 5) is 11.8. The monoisotopic (exact) mass is 457 g/mol. The molecule has 2 aromatic carbocycles. The molecule has 1 aromatic heterocycles. The molecule has 1 atom stereocenters. The van der Waals surface area contributed by atoms with Gasteiger partial charge in [0, 0.05) is 11.8 Å². The third-order valence-electron chi connectivity index (χ3n) is 4.82. The highest BCUT2D eigenvalue weighted by atomic mass is 16.5. The number of fused-ring (bicyclic) bond motifs is 1. The molecule has 0 radical (unpaired) electrons. The van der Waals surface area contributed by atoms with Gasteiger partial charge in [-0.1, -0.05) is 43.5 Å². The third kappa shape index (κ3) is 5.62. The van der Waals surface area contributed by atoms with Gasteiger partial charge in [0.05, 0.1) is 18.1 Å². The van der Waals surface area contributed by atoms with Gasteiger partial charge in [0.15, 0.2) is 0 Å². The number of methoxy groups -OCH3 is 1. The standard InChI is InChI=1S/C26H27N5O3/c1-4-16-29-26(23(28)20(8-7-15-27)17(2)33-3)34-19-13-11-18(12-14-19)24(32)25-30-21-9-5-6-10-22(21)31-25/h4-16,24,32H,1-2,27-28H2,3H3,(H,30,31)/b15-7-,20-8+,26-23+,29-16-/t24-/m0/s1. The summed E-state index contributed by atoms with van der Waals surface area (Å²) >= 11 is 0. The van der Waals surface area contributed by atoms with E-state index in [-0.39, 0.29) is 11.6 Å². The first-order chi connectivity index (χ1) is 16.5. The Hall–Kier alpha value is -4.56. The van der Waals surface area contributed by atoms with Crippen LogP contribution in [0.15, 0.2) is 114 Å². The van der Waals surface area contributed by atoms with Crippen LogP contribution in [-0.2, 0) is 4.74 Å². The molecule has 8 nitrogen and oxygen atoms in total. The Labute approximate surface area is 197 Å². The normalized spacial score (nSPS) is 13.8. The van der Waals surface area contributed by atoms with Gasteiger partial charge in [-0.15, -0.1) is 0 Å². The maximum atomic E-state index is 10.8. The van der Waals surface area contributed by atoms with Crippen LogP contribution in [0.2, 0.25) is 0 Å². The SMILES string of the molecule is C=C\C=N/C(Oc1ccc([C@H](O)c2nc3ccccc3[nH]2)cc1)=C(N)/C(=C/C=C\N)C(=C)OC. The number of aliphatic imine (C=N–C) groups is 1. The molecule has 0 amide bonds. The third-order valence-corrected chi connectivity index (χ3v) is 4.82. The van der Waals surface area contributed by atoms with Crippen LogP contribution >= 0.6 is 0 Å². The quantitative estimate of drug-likeness (QED) is 0.207. The Kier molecular flexibility index (Phi) is 8.04. The molecule has 0 aliphatic rings. The second-order valence-electron chi connectivity index (χ2n) is 7.04. The predicted molar refractivity (Wildman–Crippen MR) is 135 cm³/mol. The average Bonchev–Trinajstić information content (AvgIpc) is 3.30. The largest absolute Gasteiger partial charge is 0.497 e. The fourth-order valence-corrected chi connectivity index (χ4v) is 3.07. The lowest BCUT2D eigenvalue weighted by atomic mass is 10.1. The minimum absolute atomic E-state index is 0.111. The van der Waals surface area contributed by atoms with Crippen LogP contribution in [0.3, 0.4) is 0 Å². The Bertz CT molecular complexity index is 1250. The van der Waals surface area contributed by atoms with Crippen LogP contribution < -0.4 is 16.2 Å². The van der Waals surface area contributed by atoms with Crippen molar-refractivity contribution >= 4 is 17.2 Å². The van der Waals surface area contributed by atoms with E-state index in [4.69, 9.17) is 20.9 Å². The van der Waals surface area contributed by atoms with Crippen LogP contribution in [-0.4, -0.2) is 28.4 Å². The minimum Gasteiger partial charge on any atom is -0.497 e. The Morgan fingerprint density at radius 3 is 2.59 bits per heavy atom. The summed E-state index contributed by atoms with van der Waals surface area (Å²) in [7, 11) is 1.48. The number of benzene rings is 2. The number of allylic oxidation sites excluding steroid dienone is 3. The number of hydrogen-bond acceptors (Lipinski definition) is 7. The number of ether oxygens (including phenoxy) is 2. The van der Waals surface area contributed by atoms with E-state index in [2.05, 4.69) is 28.1 Å². The first kappa shape index (κ1) is 24.1. The van der Waals surface area contributed by atoms with E-state index in [9.17, 15) is 5.11 Å². The summed E-state index contributed by atoms with van der Waals surface area (Å²) in [5.74, 6) is 1.34. The number of imidazole rings is 1. The number of aromatic nitrogens is 2. The molecule has 1 heterocycles. The lowest BCUT2D eigenvalue weighted by Gasteiger charge is -2.14. The van der Waals surface area contributed by atoms with Gasteiger partial charge in [0.1, 0.15) is 29.1 Å². The summed E-state index contributed by atoms with van der Waals surface area (Å²) < 4.78 is 11.2. The van der Waals surface area contributed by atoms with Crippen molar-refractivity contribution in [3.8, 4) is 5.75 Å². The summed E-state index contributed by atoms with van der Waals surface area (Å²) in [6, 6.07) is 14.5. The summed E-state index contributed by atoms with van der Waals surface area (Å²) in [5, 5.41) is 10.8. The molecule has 6 N–H and O–H groups in total. The van der Waals surface area contributed by atoms with Gasteiger partial charge in [-0.05, 0) is 48.2 Å². The minimum atomic E-state index is -0.928. The molecule has 0 bridgehead atoms. The summed E-state index contributed by atoms with van der Waals surface area (Å²) in [6.07, 6.45) is 6.61. The maximum absolute atomic E-state index is 10.8. The summed E-state index contributed by atoms with van der Waals surface area (Å²) in [5.41, 5.74) is 14.7. The Balaban J connectivity index is 1.88. The number of nitrogens with two attached hydrogens (primary N) is 2. The molecule has 3 rings (SSSR count). The molecule has 0 fully saturated rings. The number of nitrogens with one attached hydrogen (secondary N) is 1.